The van der Waals surface area contributed by atoms with E-state index in [9.17, 15) is 9.59 Å². The molecule has 1 N–H and O–H groups in total. The maximum atomic E-state index is 11.7. The van der Waals surface area contributed by atoms with Crippen LogP contribution in [0, 0.1) is 13.8 Å². The molecule has 0 saturated heterocycles. The first kappa shape index (κ1) is 29.2. The fourth-order valence-corrected chi connectivity index (χ4v) is 3.30. The smallest absolute Gasteiger partial charge is 0.411 e. The minimum absolute atomic E-state index is 0.163. The summed E-state index contributed by atoms with van der Waals surface area (Å²) in [7, 11) is 1.63. The van der Waals surface area contributed by atoms with E-state index >= 15 is 0 Å². The topological polar surface area (TPSA) is 131 Å². The van der Waals surface area contributed by atoms with Crippen molar-refractivity contribution in [3.63, 3.8) is 0 Å². The van der Waals surface area contributed by atoms with E-state index in [0.29, 0.717) is 50.4 Å². The number of aromatic nitrogens is 4. The van der Waals surface area contributed by atoms with Gasteiger partial charge in [-0.05, 0) is 44.5 Å². The number of anilines is 1. The number of amides is 1. The van der Waals surface area contributed by atoms with Crippen molar-refractivity contribution >= 4 is 11.8 Å². The fraction of sp³-hybridized carbons (Fsp3) is 0.321. The molecule has 2 heterocycles. The summed E-state index contributed by atoms with van der Waals surface area (Å²) in [5.74, 6) is 1.06. The van der Waals surface area contributed by atoms with Crippen molar-refractivity contribution < 1.29 is 23.5 Å². The monoisotopic (exact) mass is 535 g/mol. The van der Waals surface area contributed by atoms with Crippen molar-refractivity contribution in [1.82, 2.24) is 19.9 Å². The molecule has 4 aromatic rings. The number of hydrogen-bond donors (Lipinski definition) is 1. The molecule has 0 unspecified atom stereocenters. The number of carbonyl (C=O) groups excluding carboxylic acids is 1. The third-order valence-corrected chi connectivity index (χ3v) is 5.22. The van der Waals surface area contributed by atoms with Crippen LogP contribution in [0.3, 0.4) is 0 Å². The van der Waals surface area contributed by atoms with Crippen LogP contribution in [-0.4, -0.2) is 52.9 Å². The van der Waals surface area contributed by atoms with Crippen LogP contribution in [0.4, 0.5) is 10.5 Å². The highest BCUT2D eigenvalue weighted by molar-refractivity contribution is 5.84. The molecule has 0 fully saturated rings. The highest BCUT2D eigenvalue weighted by atomic mass is 16.5. The van der Waals surface area contributed by atoms with E-state index in [-0.39, 0.29) is 5.56 Å². The van der Waals surface area contributed by atoms with Crippen LogP contribution >= 0.6 is 0 Å². The lowest BCUT2D eigenvalue weighted by Crippen LogP contribution is -2.23. The number of nitrogens with zero attached hydrogens (tertiary/aromatic N) is 4. The Morgan fingerprint density at radius 2 is 1.85 bits per heavy atom. The normalized spacial score (nSPS) is 10.5. The van der Waals surface area contributed by atoms with Crippen molar-refractivity contribution in [3.8, 4) is 11.4 Å². The number of hydrogen-bond acceptors (Lipinski definition) is 9. The van der Waals surface area contributed by atoms with Crippen molar-refractivity contribution in [2.24, 2.45) is 0 Å². The third-order valence-electron chi connectivity index (χ3n) is 5.22. The summed E-state index contributed by atoms with van der Waals surface area (Å²) in [6.45, 7) is 7.64. The van der Waals surface area contributed by atoms with Crippen molar-refractivity contribution in [3.05, 3.63) is 93.7 Å². The predicted octanol–water partition coefficient (Wildman–Crippen LogP) is 4.38. The van der Waals surface area contributed by atoms with Gasteiger partial charge in [0.05, 0.1) is 32.1 Å². The number of aryl methyl sites for hydroxylation is 2. The van der Waals surface area contributed by atoms with E-state index < -0.39 is 6.09 Å². The minimum Gasteiger partial charge on any atom is -0.450 e. The quantitative estimate of drug-likeness (QED) is 0.294. The highest BCUT2D eigenvalue weighted by Crippen LogP contribution is 2.16. The van der Waals surface area contributed by atoms with Gasteiger partial charge < -0.3 is 18.7 Å². The molecular formula is C28H33N5O6. The van der Waals surface area contributed by atoms with E-state index in [1.165, 1.54) is 16.3 Å². The Morgan fingerprint density at radius 1 is 1.05 bits per heavy atom. The number of methoxy groups -OCH3 is 1. The summed E-state index contributed by atoms with van der Waals surface area (Å²) < 4.78 is 21.5. The Bertz CT molecular complexity index is 1380. The number of carbonyl (C=O) groups is 1. The molecule has 0 radical (unpaired) electrons. The zero-order valence-electron chi connectivity index (χ0n) is 22.5. The molecule has 4 rings (SSSR count). The Balaban J connectivity index is 0.000000218. The predicted molar refractivity (Wildman–Crippen MR) is 145 cm³/mol. The molecule has 11 nitrogen and oxygen atoms in total. The van der Waals surface area contributed by atoms with E-state index in [4.69, 9.17) is 18.7 Å². The first-order valence-electron chi connectivity index (χ1n) is 12.4. The maximum absolute atomic E-state index is 11.7. The molecule has 0 spiro atoms. The summed E-state index contributed by atoms with van der Waals surface area (Å²) in [6.07, 6.45) is -0.500. The Kier molecular flexibility index (Phi) is 11.4. The fourth-order valence-electron chi connectivity index (χ4n) is 3.30. The van der Waals surface area contributed by atoms with Crippen LogP contribution in [0.2, 0.25) is 0 Å². The summed E-state index contributed by atoms with van der Waals surface area (Å²) in [5.41, 5.74) is 4.23. The largest absolute Gasteiger partial charge is 0.450 e. The van der Waals surface area contributed by atoms with Gasteiger partial charge in [0.25, 0.3) is 11.4 Å². The van der Waals surface area contributed by atoms with Gasteiger partial charge >= 0.3 is 6.09 Å². The van der Waals surface area contributed by atoms with Gasteiger partial charge in [-0.1, -0.05) is 47.1 Å². The average molecular weight is 536 g/mol. The first-order valence-corrected chi connectivity index (χ1v) is 12.4. The van der Waals surface area contributed by atoms with Crippen molar-refractivity contribution in [2.45, 2.75) is 33.9 Å². The van der Waals surface area contributed by atoms with Crippen LogP contribution < -0.4 is 10.9 Å². The molecule has 0 bridgehead atoms. The first-order chi connectivity index (χ1) is 18.9. The molecule has 0 saturated carbocycles. The van der Waals surface area contributed by atoms with Gasteiger partial charge in [0.15, 0.2) is 0 Å². The summed E-state index contributed by atoms with van der Waals surface area (Å²) in [6, 6.07) is 18.3. The molecule has 206 valence electrons. The van der Waals surface area contributed by atoms with Crippen LogP contribution in [0.5, 0.6) is 0 Å². The molecule has 2 aromatic heterocycles. The number of ether oxygens (including phenoxy) is 3. The number of benzene rings is 2. The third kappa shape index (κ3) is 9.80. The molecule has 11 heteroatoms. The van der Waals surface area contributed by atoms with Gasteiger partial charge in [0, 0.05) is 24.4 Å². The number of rotatable bonds is 10. The minimum atomic E-state index is -0.500. The summed E-state index contributed by atoms with van der Waals surface area (Å²) >= 11 is 0. The van der Waals surface area contributed by atoms with Gasteiger partial charge in [0.1, 0.15) is 6.61 Å². The average Bonchev–Trinajstić information content (AvgIpc) is 3.39. The Morgan fingerprint density at radius 3 is 2.59 bits per heavy atom. The second-order valence-corrected chi connectivity index (χ2v) is 8.44. The Hall–Kier alpha value is -4.35. The van der Waals surface area contributed by atoms with Crippen LogP contribution in [0.25, 0.3) is 11.4 Å². The molecular weight excluding hydrogens is 502 g/mol. The van der Waals surface area contributed by atoms with Crippen LogP contribution in [-0.2, 0) is 27.4 Å². The van der Waals surface area contributed by atoms with Crippen LogP contribution in [0.1, 0.15) is 29.6 Å². The lowest BCUT2D eigenvalue weighted by Gasteiger charge is -2.08. The lowest BCUT2D eigenvalue weighted by atomic mass is 10.1. The molecule has 39 heavy (non-hydrogen) atoms. The van der Waals surface area contributed by atoms with Crippen molar-refractivity contribution in [2.75, 3.05) is 32.2 Å². The molecule has 0 aliphatic heterocycles. The van der Waals surface area contributed by atoms with E-state index in [1.807, 2.05) is 44.2 Å². The van der Waals surface area contributed by atoms with E-state index in [1.54, 1.807) is 38.3 Å². The summed E-state index contributed by atoms with van der Waals surface area (Å²) in [4.78, 5) is 27.4. The van der Waals surface area contributed by atoms with Gasteiger partial charge in [-0.15, -0.1) is 0 Å². The van der Waals surface area contributed by atoms with Gasteiger partial charge in [0.2, 0.25) is 5.82 Å². The van der Waals surface area contributed by atoms with Gasteiger partial charge in [-0.2, -0.15) is 10.1 Å². The SMILES string of the molecule is CCOC(=O)Nc1cccc(Cn2nc(C)ccc2=O)c1.COCCOCc1nc(-c2ccc(C)cc2)no1. The highest BCUT2D eigenvalue weighted by Gasteiger charge is 2.08. The van der Waals surface area contributed by atoms with Gasteiger partial charge in [-0.25, -0.2) is 9.48 Å². The van der Waals surface area contributed by atoms with E-state index in [0.717, 1.165) is 16.8 Å². The molecule has 0 aliphatic rings. The standard InChI is InChI=1S/C15H17N3O3.C13H16N2O3/c1-3-21-15(20)16-13-6-4-5-12(9-13)10-18-14(19)8-7-11(2)17-18;1-10-3-5-11(6-4-10)13-14-12(18-15-13)9-17-8-7-16-2/h4-9H,3,10H2,1-2H3,(H,16,20);3-6H,7-9H2,1-2H3. The lowest BCUT2D eigenvalue weighted by molar-refractivity contribution is 0.0494. The second kappa shape index (κ2) is 15.2. The Labute approximate surface area is 226 Å². The second-order valence-electron chi connectivity index (χ2n) is 8.44. The zero-order chi connectivity index (χ0) is 28.0. The molecule has 2 aromatic carbocycles. The summed E-state index contributed by atoms with van der Waals surface area (Å²) in [5, 5.41) is 10.7. The van der Waals surface area contributed by atoms with Gasteiger partial charge in [-0.3, -0.25) is 10.1 Å². The zero-order valence-corrected chi connectivity index (χ0v) is 22.5. The van der Waals surface area contributed by atoms with Crippen LogP contribution in [0.15, 0.2) is 70.0 Å². The van der Waals surface area contributed by atoms with Crippen molar-refractivity contribution in [1.29, 1.82) is 0 Å². The van der Waals surface area contributed by atoms with E-state index in [2.05, 4.69) is 20.6 Å². The number of nitrogens with one attached hydrogen (secondary N) is 1. The molecule has 1 amide bonds. The molecule has 0 atom stereocenters. The maximum Gasteiger partial charge on any atom is 0.411 e. The molecule has 0 aliphatic carbocycles.